The number of aryl methyl sites for hydroxylation is 2. The molecule has 1 aromatic carbocycles. The minimum absolute atomic E-state index is 0.213. The maximum Gasteiger partial charge on any atom is 0.415 e. The molecule has 18 heavy (non-hydrogen) atoms. The van der Waals surface area contributed by atoms with Crippen LogP contribution in [0.3, 0.4) is 0 Å². The van der Waals surface area contributed by atoms with Crippen LogP contribution in [0.25, 0.3) is 0 Å². The number of amides is 1. The largest absolute Gasteiger partial charge is 0.415 e. The van der Waals surface area contributed by atoms with Crippen LogP contribution in [0.1, 0.15) is 24.0 Å². The lowest BCUT2D eigenvalue weighted by atomic mass is 10.1. The van der Waals surface area contributed by atoms with Crippen molar-refractivity contribution in [2.24, 2.45) is 0 Å². The van der Waals surface area contributed by atoms with Crippen LogP contribution in [0.4, 0.5) is 4.79 Å². The molecule has 1 fully saturated rings. The molecule has 0 saturated carbocycles. The molecule has 4 heteroatoms. The van der Waals surface area contributed by atoms with Crippen LogP contribution in [0.5, 0.6) is 5.75 Å². The first-order valence-electron chi connectivity index (χ1n) is 6.12. The number of carbonyl (C=O) groups excluding carboxylic acids is 2. The topological polar surface area (TPSA) is 46.6 Å². The third-order valence-electron chi connectivity index (χ3n) is 3.11. The van der Waals surface area contributed by atoms with E-state index < -0.39 is 0 Å². The van der Waals surface area contributed by atoms with Crippen LogP contribution in [0.2, 0.25) is 0 Å². The van der Waals surface area contributed by atoms with Crippen molar-refractivity contribution in [2.75, 3.05) is 13.1 Å². The highest BCUT2D eigenvalue weighted by Crippen LogP contribution is 2.20. The highest BCUT2D eigenvalue weighted by atomic mass is 16.6. The molecule has 2 rings (SSSR count). The molecular formula is C14H17NO3. The molecule has 0 radical (unpaired) electrons. The van der Waals surface area contributed by atoms with Gasteiger partial charge >= 0.3 is 6.09 Å². The molecule has 1 heterocycles. The number of rotatable bonds is 1. The first-order chi connectivity index (χ1) is 8.56. The van der Waals surface area contributed by atoms with E-state index >= 15 is 0 Å². The average Bonchev–Trinajstić information content (AvgIpc) is 2.33. The van der Waals surface area contributed by atoms with Crippen molar-refractivity contribution in [1.82, 2.24) is 4.90 Å². The second-order valence-corrected chi connectivity index (χ2v) is 4.66. The summed E-state index contributed by atoms with van der Waals surface area (Å²) in [6.45, 7) is 4.83. The second-order valence-electron chi connectivity index (χ2n) is 4.66. The Bertz CT molecular complexity index is 472. The number of benzene rings is 1. The number of hydrogen-bond donors (Lipinski definition) is 0. The second kappa shape index (κ2) is 5.21. The summed E-state index contributed by atoms with van der Waals surface area (Å²) in [7, 11) is 0. The molecule has 4 nitrogen and oxygen atoms in total. The predicted octanol–water partition coefficient (Wildman–Crippen LogP) is 2.47. The van der Waals surface area contributed by atoms with E-state index in [1.54, 1.807) is 11.0 Å². The van der Waals surface area contributed by atoms with Crippen molar-refractivity contribution in [3.63, 3.8) is 0 Å². The Morgan fingerprint density at radius 2 is 1.89 bits per heavy atom. The van der Waals surface area contributed by atoms with Crippen molar-refractivity contribution in [2.45, 2.75) is 26.7 Å². The molecular weight excluding hydrogens is 230 g/mol. The van der Waals surface area contributed by atoms with E-state index in [2.05, 4.69) is 0 Å². The van der Waals surface area contributed by atoms with Crippen LogP contribution < -0.4 is 4.74 Å². The Morgan fingerprint density at radius 1 is 1.22 bits per heavy atom. The number of likely N-dealkylation sites (tertiary alicyclic amines) is 1. The van der Waals surface area contributed by atoms with E-state index in [0.29, 0.717) is 31.7 Å². The van der Waals surface area contributed by atoms with Crippen LogP contribution in [-0.2, 0) is 4.79 Å². The fourth-order valence-electron chi connectivity index (χ4n) is 2.01. The molecule has 0 bridgehead atoms. The lowest BCUT2D eigenvalue weighted by molar-refractivity contribution is -0.121. The highest BCUT2D eigenvalue weighted by molar-refractivity contribution is 5.82. The quantitative estimate of drug-likeness (QED) is 0.765. The summed E-state index contributed by atoms with van der Waals surface area (Å²) in [5, 5.41) is 0. The van der Waals surface area contributed by atoms with Crippen molar-refractivity contribution in [3.05, 3.63) is 29.3 Å². The predicted molar refractivity (Wildman–Crippen MR) is 67.8 cm³/mol. The summed E-state index contributed by atoms with van der Waals surface area (Å²) >= 11 is 0. The number of Topliss-reactive ketones (excluding diaryl/α,β-unsaturated/α-hetero) is 1. The van der Waals surface area contributed by atoms with Gasteiger partial charge in [-0.1, -0.05) is 17.7 Å². The van der Waals surface area contributed by atoms with Gasteiger partial charge in [0.15, 0.2) is 0 Å². The molecule has 0 aliphatic carbocycles. The number of piperidine rings is 1. The van der Waals surface area contributed by atoms with E-state index in [1.165, 1.54) is 0 Å². The summed E-state index contributed by atoms with van der Waals surface area (Å²) in [5.41, 5.74) is 2.08. The third-order valence-corrected chi connectivity index (χ3v) is 3.11. The molecule has 0 unspecified atom stereocenters. The number of ketones is 1. The molecule has 1 aliphatic rings. The van der Waals surface area contributed by atoms with Gasteiger partial charge in [0, 0.05) is 25.9 Å². The first kappa shape index (κ1) is 12.6. The molecule has 0 atom stereocenters. The van der Waals surface area contributed by atoms with Gasteiger partial charge < -0.3 is 9.64 Å². The first-order valence-corrected chi connectivity index (χ1v) is 6.12. The standard InChI is InChI=1S/C14H17NO3/c1-10-3-4-13(11(2)9-10)18-14(17)15-7-5-12(16)6-8-15/h3-4,9H,5-8H2,1-2H3. The van der Waals surface area contributed by atoms with E-state index in [-0.39, 0.29) is 11.9 Å². The lowest BCUT2D eigenvalue weighted by Gasteiger charge is -2.25. The lowest BCUT2D eigenvalue weighted by Crippen LogP contribution is -2.40. The van der Waals surface area contributed by atoms with E-state index in [4.69, 9.17) is 4.74 Å². The van der Waals surface area contributed by atoms with E-state index in [9.17, 15) is 9.59 Å². The molecule has 0 N–H and O–H groups in total. The van der Waals surface area contributed by atoms with Gasteiger partial charge in [-0.05, 0) is 25.5 Å². The van der Waals surface area contributed by atoms with Crippen LogP contribution >= 0.6 is 0 Å². The fourth-order valence-corrected chi connectivity index (χ4v) is 2.01. The Labute approximate surface area is 107 Å². The summed E-state index contributed by atoms with van der Waals surface area (Å²) < 4.78 is 5.35. The van der Waals surface area contributed by atoms with Gasteiger partial charge in [-0.3, -0.25) is 4.79 Å². The van der Waals surface area contributed by atoms with Gasteiger partial charge in [0.2, 0.25) is 0 Å². The van der Waals surface area contributed by atoms with Crippen LogP contribution in [-0.4, -0.2) is 29.9 Å². The van der Waals surface area contributed by atoms with Crippen molar-refractivity contribution >= 4 is 11.9 Å². The number of ether oxygens (including phenoxy) is 1. The number of nitrogens with zero attached hydrogens (tertiary/aromatic N) is 1. The monoisotopic (exact) mass is 247 g/mol. The van der Waals surface area contributed by atoms with Gasteiger partial charge in [-0.25, -0.2) is 4.79 Å². The van der Waals surface area contributed by atoms with E-state index in [1.807, 2.05) is 26.0 Å². The Kier molecular flexibility index (Phi) is 3.65. The SMILES string of the molecule is Cc1ccc(OC(=O)N2CCC(=O)CC2)c(C)c1. The maximum absolute atomic E-state index is 11.9. The normalized spacial score (nSPS) is 15.7. The molecule has 0 aromatic heterocycles. The van der Waals surface area contributed by atoms with Gasteiger partial charge in [0.05, 0.1) is 0 Å². The third kappa shape index (κ3) is 2.88. The number of carbonyl (C=O) groups is 2. The molecule has 1 aliphatic heterocycles. The summed E-state index contributed by atoms with van der Waals surface area (Å²) in [6.07, 6.45) is 0.499. The van der Waals surface area contributed by atoms with Gasteiger partial charge in [-0.15, -0.1) is 0 Å². The summed E-state index contributed by atoms with van der Waals surface area (Å²) in [5.74, 6) is 0.799. The zero-order valence-electron chi connectivity index (χ0n) is 10.7. The van der Waals surface area contributed by atoms with Crippen molar-refractivity contribution in [1.29, 1.82) is 0 Å². The number of hydrogen-bond acceptors (Lipinski definition) is 3. The molecule has 1 saturated heterocycles. The van der Waals surface area contributed by atoms with Gasteiger partial charge in [-0.2, -0.15) is 0 Å². The summed E-state index contributed by atoms with van der Waals surface area (Å²) in [6, 6.07) is 5.69. The summed E-state index contributed by atoms with van der Waals surface area (Å²) in [4.78, 5) is 24.6. The van der Waals surface area contributed by atoms with Gasteiger partial charge in [0.1, 0.15) is 11.5 Å². The fraction of sp³-hybridized carbons (Fsp3) is 0.429. The molecule has 1 aromatic rings. The van der Waals surface area contributed by atoms with Gasteiger partial charge in [0.25, 0.3) is 0 Å². The van der Waals surface area contributed by atoms with Crippen LogP contribution in [0, 0.1) is 13.8 Å². The Balaban J connectivity index is 2.00. The molecule has 96 valence electrons. The minimum atomic E-state index is -0.366. The van der Waals surface area contributed by atoms with E-state index in [0.717, 1.165) is 11.1 Å². The molecule has 1 amide bonds. The Hall–Kier alpha value is -1.84. The smallest absolute Gasteiger partial charge is 0.410 e. The van der Waals surface area contributed by atoms with Crippen molar-refractivity contribution in [3.8, 4) is 5.75 Å². The Morgan fingerprint density at radius 3 is 2.50 bits per heavy atom. The zero-order valence-corrected chi connectivity index (χ0v) is 10.7. The average molecular weight is 247 g/mol. The molecule has 0 spiro atoms. The minimum Gasteiger partial charge on any atom is -0.410 e. The highest BCUT2D eigenvalue weighted by Gasteiger charge is 2.22. The zero-order chi connectivity index (χ0) is 13.1. The van der Waals surface area contributed by atoms with Crippen molar-refractivity contribution < 1.29 is 14.3 Å². The maximum atomic E-state index is 11.9. The van der Waals surface area contributed by atoms with Crippen LogP contribution in [0.15, 0.2) is 18.2 Å².